The molecule has 0 aliphatic heterocycles. The van der Waals surface area contributed by atoms with Crippen LogP contribution < -0.4 is 14.4 Å². The molecule has 0 fully saturated rings. The van der Waals surface area contributed by atoms with Crippen LogP contribution in [0.5, 0.6) is 5.75 Å². The number of carbonyl (C=O) groups is 2. The number of amides is 2. The molecule has 0 bridgehead atoms. The molecule has 226 valence electrons. The number of thioether (sulfide) groups is 1. The standard InChI is InChI=1S/C30H35Cl2N3O5S2/c1-5-17-33-30(37)21(3)34(19-22-7-8-23(31)18-28(22)32)29(36)20-35(24-9-11-25(12-10-24)40-6-2)42(38,39)27-15-13-26(41-4)14-16-27/h7-16,18,21H,5-6,17,19-20H2,1-4H3,(H,33,37). The van der Waals surface area contributed by atoms with Gasteiger partial charge in [0.25, 0.3) is 10.0 Å². The minimum atomic E-state index is -4.19. The van der Waals surface area contributed by atoms with Gasteiger partial charge in [-0.05, 0) is 92.8 Å². The molecule has 0 spiro atoms. The number of nitrogens with zero attached hydrogens (tertiary/aromatic N) is 2. The van der Waals surface area contributed by atoms with Crippen LogP contribution in [-0.2, 0) is 26.2 Å². The molecule has 0 aliphatic rings. The van der Waals surface area contributed by atoms with Gasteiger partial charge in [0, 0.05) is 28.0 Å². The first kappa shape index (κ1) is 33.6. The first-order chi connectivity index (χ1) is 20.0. The van der Waals surface area contributed by atoms with Crippen molar-refractivity contribution in [2.24, 2.45) is 0 Å². The third-order valence-electron chi connectivity index (χ3n) is 6.43. The van der Waals surface area contributed by atoms with Crippen LogP contribution in [0.4, 0.5) is 5.69 Å². The van der Waals surface area contributed by atoms with E-state index in [1.54, 1.807) is 61.5 Å². The summed E-state index contributed by atoms with van der Waals surface area (Å²) in [5, 5.41) is 3.56. The van der Waals surface area contributed by atoms with Crippen molar-refractivity contribution in [2.75, 3.05) is 30.3 Å². The second kappa shape index (κ2) is 15.5. The number of hydrogen-bond donors (Lipinski definition) is 1. The molecule has 0 saturated carbocycles. The zero-order valence-electron chi connectivity index (χ0n) is 24.0. The van der Waals surface area contributed by atoms with Crippen LogP contribution in [0.3, 0.4) is 0 Å². The average molecular weight is 653 g/mol. The van der Waals surface area contributed by atoms with Crippen molar-refractivity contribution in [1.82, 2.24) is 10.2 Å². The molecule has 1 unspecified atom stereocenters. The zero-order chi connectivity index (χ0) is 30.9. The van der Waals surface area contributed by atoms with Crippen molar-refractivity contribution >= 4 is 62.5 Å². The molecular formula is C30H35Cl2N3O5S2. The second-order valence-corrected chi connectivity index (χ2v) is 12.9. The Labute approximate surface area is 262 Å². The van der Waals surface area contributed by atoms with Crippen molar-refractivity contribution in [3.63, 3.8) is 0 Å². The van der Waals surface area contributed by atoms with Gasteiger partial charge in [-0.15, -0.1) is 11.8 Å². The minimum Gasteiger partial charge on any atom is -0.494 e. The van der Waals surface area contributed by atoms with Crippen LogP contribution >= 0.6 is 35.0 Å². The molecule has 3 rings (SSSR count). The molecule has 12 heteroatoms. The monoisotopic (exact) mass is 651 g/mol. The van der Waals surface area contributed by atoms with Gasteiger partial charge < -0.3 is 15.0 Å². The predicted octanol–water partition coefficient (Wildman–Crippen LogP) is 6.25. The smallest absolute Gasteiger partial charge is 0.264 e. The summed E-state index contributed by atoms with van der Waals surface area (Å²) in [5.74, 6) is -0.383. The third kappa shape index (κ3) is 8.56. The van der Waals surface area contributed by atoms with E-state index in [1.165, 1.54) is 28.8 Å². The van der Waals surface area contributed by atoms with Crippen LogP contribution in [0.1, 0.15) is 32.8 Å². The van der Waals surface area contributed by atoms with E-state index in [0.717, 1.165) is 9.20 Å². The Morgan fingerprint density at radius 2 is 1.67 bits per heavy atom. The molecule has 8 nitrogen and oxygen atoms in total. The summed E-state index contributed by atoms with van der Waals surface area (Å²) < 4.78 is 34.6. The fourth-order valence-corrected chi connectivity index (χ4v) is 6.38. The molecule has 0 saturated heterocycles. The zero-order valence-corrected chi connectivity index (χ0v) is 27.1. The van der Waals surface area contributed by atoms with Gasteiger partial charge in [-0.25, -0.2) is 8.42 Å². The third-order valence-corrected chi connectivity index (χ3v) is 9.55. The lowest BCUT2D eigenvalue weighted by Gasteiger charge is -2.32. The molecule has 3 aromatic carbocycles. The fourth-order valence-electron chi connectivity index (χ4n) is 4.09. The molecule has 0 radical (unpaired) electrons. The van der Waals surface area contributed by atoms with Gasteiger partial charge in [-0.1, -0.05) is 36.2 Å². The van der Waals surface area contributed by atoms with Crippen molar-refractivity contribution in [3.8, 4) is 5.75 Å². The number of carbonyl (C=O) groups excluding carboxylic acids is 2. The Morgan fingerprint density at radius 1 is 1.00 bits per heavy atom. The Balaban J connectivity index is 2.04. The van der Waals surface area contributed by atoms with Gasteiger partial charge in [0.15, 0.2) is 0 Å². The normalized spacial score (nSPS) is 12.0. The summed E-state index contributed by atoms with van der Waals surface area (Å²) >= 11 is 14.0. The quantitative estimate of drug-likeness (QED) is 0.207. The molecule has 0 heterocycles. The highest BCUT2D eigenvalue weighted by molar-refractivity contribution is 7.98. The van der Waals surface area contributed by atoms with Crippen LogP contribution in [0.2, 0.25) is 10.0 Å². The first-order valence-corrected chi connectivity index (χ1v) is 16.8. The van der Waals surface area contributed by atoms with E-state index in [4.69, 9.17) is 27.9 Å². The van der Waals surface area contributed by atoms with Crippen molar-refractivity contribution in [1.29, 1.82) is 0 Å². The highest BCUT2D eigenvalue weighted by Gasteiger charge is 2.33. The summed E-state index contributed by atoms with van der Waals surface area (Å²) in [6.07, 6.45) is 2.61. The van der Waals surface area contributed by atoms with Crippen molar-refractivity contribution in [3.05, 3.63) is 82.3 Å². The lowest BCUT2D eigenvalue weighted by atomic mass is 10.1. The number of rotatable bonds is 14. The fraction of sp³-hybridized carbons (Fsp3) is 0.333. The van der Waals surface area contributed by atoms with Crippen LogP contribution in [0.25, 0.3) is 0 Å². The Kier molecular flexibility index (Phi) is 12.4. The summed E-state index contributed by atoms with van der Waals surface area (Å²) in [4.78, 5) is 29.3. The maximum absolute atomic E-state index is 14.0. The van der Waals surface area contributed by atoms with Crippen LogP contribution in [-0.4, -0.2) is 57.1 Å². The number of anilines is 1. The Morgan fingerprint density at radius 3 is 2.24 bits per heavy atom. The van der Waals surface area contributed by atoms with E-state index in [9.17, 15) is 18.0 Å². The molecular weight excluding hydrogens is 617 g/mol. The summed E-state index contributed by atoms with van der Waals surface area (Å²) in [5.41, 5.74) is 0.834. The van der Waals surface area contributed by atoms with E-state index in [0.29, 0.717) is 40.9 Å². The Hall–Kier alpha value is -2.92. The number of sulfonamides is 1. The first-order valence-electron chi connectivity index (χ1n) is 13.4. The van der Waals surface area contributed by atoms with Crippen molar-refractivity contribution in [2.45, 2.75) is 49.6 Å². The number of ether oxygens (including phenoxy) is 1. The second-order valence-electron chi connectivity index (χ2n) is 9.34. The molecule has 1 N–H and O–H groups in total. The van der Waals surface area contributed by atoms with E-state index in [-0.39, 0.29) is 23.0 Å². The van der Waals surface area contributed by atoms with Gasteiger partial charge in [0.1, 0.15) is 18.3 Å². The molecule has 3 aromatic rings. The van der Waals surface area contributed by atoms with E-state index in [2.05, 4.69) is 5.32 Å². The number of nitrogens with one attached hydrogen (secondary N) is 1. The highest BCUT2D eigenvalue weighted by atomic mass is 35.5. The number of halogens is 2. The topological polar surface area (TPSA) is 96.0 Å². The van der Waals surface area contributed by atoms with Crippen LogP contribution in [0, 0.1) is 0 Å². The van der Waals surface area contributed by atoms with E-state index in [1.807, 2.05) is 20.1 Å². The number of hydrogen-bond acceptors (Lipinski definition) is 6. The number of benzene rings is 3. The van der Waals surface area contributed by atoms with E-state index < -0.39 is 28.5 Å². The lowest BCUT2D eigenvalue weighted by molar-refractivity contribution is -0.139. The van der Waals surface area contributed by atoms with Gasteiger partial charge in [-0.3, -0.25) is 13.9 Å². The highest BCUT2D eigenvalue weighted by Crippen LogP contribution is 2.28. The lowest BCUT2D eigenvalue weighted by Crippen LogP contribution is -2.51. The van der Waals surface area contributed by atoms with Crippen LogP contribution in [0.15, 0.2) is 76.5 Å². The average Bonchev–Trinajstić information content (AvgIpc) is 2.98. The predicted molar refractivity (Wildman–Crippen MR) is 170 cm³/mol. The van der Waals surface area contributed by atoms with Gasteiger partial charge in [0.2, 0.25) is 11.8 Å². The van der Waals surface area contributed by atoms with Gasteiger partial charge >= 0.3 is 0 Å². The molecule has 0 aromatic heterocycles. The maximum Gasteiger partial charge on any atom is 0.264 e. The summed E-state index contributed by atoms with van der Waals surface area (Å²) in [7, 11) is -4.19. The largest absolute Gasteiger partial charge is 0.494 e. The molecule has 0 aliphatic carbocycles. The van der Waals surface area contributed by atoms with E-state index >= 15 is 0 Å². The molecule has 1 atom stereocenters. The van der Waals surface area contributed by atoms with Crippen molar-refractivity contribution < 1.29 is 22.7 Å². The Bertz CT molecular complexity index is 1470. The maximum atomic E-state index is 14.0. The minimum absolute atomic E-state index is 0.0306. The van der Waals surface area contributed by atoms with Gasteiger partial charge in [0.05, 0.1) is 17.2 Å². The molecule has 42 heavy (non-hydrogen) atoms. The van der Waals surface area contributed by atoms with Gasteiger partial charge in [-0.2, -0.15) is 0 Å². The molecule has 2 amide bonds. The summed E-state index contributed by atoms with van der Waals surface area (Å²) in [6, 6.07) is 16.9. The SMILES string of the molecule is CCCNC(=O)C(C)N(Cc1ccc(Cl)cc1Cl)C(=O)CN(c1ccc(OCC)cc1)S(=O)(=O)c1ccc(SC)cc1. The summed E-state index contributed by atoms with van der Waals surface area (Å²) in [6.45, 7) is 5.66.